The lowest BCUT2D eigenvalue weighted by molar-refractivity contribution is -0.117. The molecule has 1 aliphatic rings. The number of anilines is 1. The molecular formula is C24H26FN5O3S. The van der Waals surface area contributed by atoms with Gasteiger partial charge >= 0.3 is 0 Å². The smallest absolute Gasteiger partial charge is 0.294 e. The van der Waals surface area contributed by atoms with Gasteiger partial charge in [-0.2, -0.15) is 4.39 Å². The highest BCUT2D eigenvalue weighted by atomic mass is 32.1. The van der Waals surface area contributed by atoms with Crippen LogP contribution in [-0.4, -0.2) is 32.1 Å². The molecule has 2 N–H and O–H groups in total. The van der Waals surface area contributed by atoms with Gasteiger partial charge in [-0.05, 0) is 58.6 Å². The van der Waals surface area contributed by atoms with Gasteiger partial charge in [-0.25, -0.2) is 9.97 Å². The van der Waals surface area contributed by atoms with E-state index >= 15 is 0 Å². The Kier molecular flexibility index (Phi) is 6.35. The quantitative estimate of drug-likeness (QED) is 0.326. The molecule has 0 radical (unpaired) electrons. The van der Waals surface area contributed by atoms with Crippen LogP contribution < -0.4 is 10.6 Å². The first-order chi connectivity index (χ1) is 16.1. The zero-order chi connectivity index (χ0) is 24.7. The number of nitrogens with zero attached hydrogens (tertiary/aromatic N) is 3. The van der Waals surface area contributed by atoms with Gasteiger partial charge in [0.05, 0.1) is 44.8 Å². The molecule has 0 spiro atoms. The number of amides is 2. The molecule has 10 heteroatoms. The van der Waals surface area contributed by atoms with Crippen LogP contribution in [0.25, 0.3) is 0 Å². The lowest BCUT2D eigenvalue weighted by Gasteiger charge is -2.22. The van der Waals surface area contributed by atoms with Crippen molar-refractivity contribution in [2.24, 2.45) is 7.05 Å². The van der Waals surface area contributed by atoms with Gasteiger partial charge < -0.3 is 15.2 Å². The van der Waals surface area contributed by atoms with Crippen LogP contribution in [0.3, 0.4) is 0 Å². The summed E-state index contributed by atoms with van der Waals surface area (Å²) in [6, 6.07) is 1.23. The average molecular weight is 484 g/mol. The van der Waals surface area contributed by atoms with Gasteiger partial charge in [0, 0.05) is 18.3 Å². The molecule has 8 nitrogen and oxygen atoms in total. The van der Waals surface area contributed by atoms with Crippen molar-refractivity contribution in [1.29, 1.82) is 0 Å². The lowest BCUT2D eigenvalue weighted by Crippen LogP contribution is -2.36. The third-order valence-electron chi connectivity index (χ3n) is 6.21. The van der Waals surface area contributed by atoms with Gasteiger partial charge in [0.1, 0.15) is 0 Å². The fourth-order valence-corrected chi connectivity index (χ4v) is 5.52. The van der Waals surface area contributed by atoms with E-state index in [0.29, 0.717) is 28.1 Å². The molecular weight excluding hydrogens is 457 g/mol. The molecule has 1 atom stereocenters. The van der Waals surface area contributed by atoms with Gasteiger partial charge in [-0.3, -0.25) is 14.4 Å². The van der Waals surface area contributed by atoms with E-state index in [2.05, 4.69) is 20.6 Å². The van der Waals surface area contributed by atoms with Crippen molar-refractivity contribution in [2.45, 2.75) is 53.0 Å². The third-order valence-corrected chi connectivity index (χ3v) is 7.34. The Morgan fingerprint density at radius 1 is 1.21 bits per heavy atom. The molecule has 0 fully saturated rings. The summed E-state index contributed by atoms with van der Waals surface area (Å²) in [5.41, 5.74) is 3.02. The molecule has 1 unspecified atom stereocenters. The predicted molar refractivity (Wildman–Crippen MR) is 127 cm³/mol. The molecule has 0 bridgehead atoms. The van der Waals surface area contributed by atoms with Crippen LogP contribution in [-0.2, 0) is 18.3 Å². The molecule has 0 aliphatic heterocycles. The Morgan fingerprint density at radius 2 is 1.94 bits per heavy atom. The number of hydrogen-bond donors (Lipinski definition) is 2. The number of thiazole rings is 1. The number of nitrogens with one attached hydrogen (secondary N) is 2. The number of fused-ring (bicyclic) bond motifs is 1. The Hall–Kier alpha value is -3.40. The van der Waals surface area contributed by atoms with E-state index in [9.17, 15) is 18.8 Å². The zero-order valence-electron chi connectivity index (χ0n) is 19.7. The maximum atomic E-state index is 13.5. The summed E-state index contributed by atoms with van der Waals surface area (Å²) in [7, 11) is 1.65. The molecule has 0 saturated heterocycles. The Bertz CT molecular complexity index is 1330. The monoisotopic (exact) mass is 483 g/mol. The van der Waals surface area contributed by atoms with Crippen molar-refractivity contribution < 1.29 is 18.8 Å². The van der Waals surface area contributed by atoms with E-state index in [4.69, 9.17) is 0 Å². The van der Waals surface area contributed by atoms with E-state index in [1.54, 1.807) is 43.7 Å². The maximum Gasteiger partial charge on any atom is 0.294 e. The molecule has 3 aromatic rings. The summed E-state index contributed by atoms with van der Waals surface area (Å²) >= 11 is 1.54. The standard InChI is InChI=1S/C24H26FN5O3S/c1-11-9-15(10-26-22(11)25)28-23(32)18-12(2)19(30(5)13(18)3)20(31)24(33)29-17-8-6-7-16-21(17)34-14(4)27-16/h9-10,17H,6-8H2,1-5H3,(H,28,32)(H,29,33). The molecule has 3 heterocycles. The van der Waals surface area contributed by atoms with Gasteiger partial charge in [0.2, 0.25) is 5.95 Å². The van der Waals surface area contributed by atoms with E-state index in [1.807, 2.05) is 6.92 Å². The van der Waals surface area contributed by atoms with Gasteiger partial charge in [-0.1, -0.05) is 0 Å². The summed E-state index contributed by atoms with van der Waals surface area (Å²) in [6.45, 7) is 6.83. The highest BCUT2D eigenvalue weighted by Crippen LogP contribution is 2.34. The number of ketones is 1. The highest BCUT2D eigenvalue weighted by molar-refractivity contribution is 7.11. The number of carbonyl (C=O) groups is 3. The van der Waals surface area contributed by atoms with Crippen molar-refractivity contribution in [3.8, 4) is 0 Å². The highest BCUT2D eigenvalue weighted by Gasteiger charge is 2.32. The number of Topliss-reactive ketones (excluding diaryl/α,β-unsaturated/α-hetero) is 1. The van der Waals surface area contributed by atoms with Crippen LogP contribution in [0.5, 0.6) is 0 Å². The summed E-state index contributed by atoms with van der Waals surface area (Å²) in [4.78, 5) is 48.3. The van der Waals surface area contributed by atoms with E-state index in [-0.39, 0.29) is 11.7 Å². The first-order valence-electron chi connectivity index (χ1n) is 11.0. The Morgan fingerprint density at radius 3 is 2.65 bits per heavy atom. The minimum Gasteiger partial charge on any atom is -0.344 e. The molecule has 34 heavy (non-hydrogen) atoms. The van der Waals surface area contributed by atoms with Crippen LogP contribution in [0.2, 0.25) is 0 Å². The first kappa shape index (κ1) is 23.7. The third kappa shape index (κ3) is 4.25. The maximum absolute atomic E-state index is 13.5. The summed E-state index contributed by atoms with van der Waals surface area (Å²) in [5.74, 6) is -2.48. The topological polar surface area (TPSA) is 106 Å². The van der Waals surface area contributed by atoms with Gasteiger partial charge in [0.25, 0.3) is 17.6 Å². The average Bonchev–Trinajstić information content (AvgIpc) is 3.27. The second-order valence-electron chi connectivity index (χ2n) is 8.57. The Balaban J connectivity index is 1.57. The summed E-state index contributed by atoms with van der Waals surface area (Å²) in [6.07, 6.45) is 3.74. The number of hydrogen-bond acceptors (Lipinski definition) is 6. The Labute approximate surface area is 200 Å². The van der Waals surface area contributed by atoms with Crippen LogP contribution in [0.1, 0.15) is 72.1 Å². The predicted octanol–water partition coefficient (Wildman–Crippen LogP) is 3.88. The lowest BCUT2D eigenvalue weighted by atomic mass is 9.97. The van der Waals surface area contributed by atoms with Crippen molar-refractivity contribution in [3.63, 3.8) is 0 Å². The number of pyridine rings is 1. The fraction of sp³-hybridized carbons (Fsp3) is 0.375. The molecule has 2 amide bonds. The minimum atomic E-state index is -0.710. The normalized spacial score (nSPS) is 15.1. The SMILES string of the molecule is Cc1nc2c(s1)C(NC(=O)C(=O)c1c(C)c(C(=O)Nc3cnc(F)c(C)c3)c(C)n1C)CCC2. The van der Waals surface area contributed by atoms with Crippen LogP contribution in [0.4, 0.5) is 10.1 Å². The number of halogens is 1. The summed E-state index contributed by atoms with van der Waals surface area (Å²) in [5, 5.41) is 6.51. The number of carbonyl (C=O) groups excluding carboxylic acids is 3. The van der Waals surface area contributed by atoms with Gasteiger partial charge in [0.15, 0.2) is 0 Å². The summed E-state index contributed by atoms with van der Waals surface area (Å²) < 4.78 is 15.0. The first-order valence-corrected chi connectivity index (χ1v) is 11.8. The molecule has 3 aromatic heterocycles. The van der Waals surface area contributed by atoms with E-state index in [1.165, 1.54) is 12.3 Å². The molecule has 0 aromatic carbocycles. The molecule has 1 aliphatic carbocycles. The molecule has 178 valence electrons. The number of aryl methyl sites for hydroxylation is 3. The van der Waals surface area contributed by atoms with Crippen molar-refractivity contribution >= 4 is 34.6 Å². The minimum absolute atomic E-state index is 0.157. The van der Waals surface area contributed by atoms with Gasteiger partial charge in [-0.15, -0.1) is 11.3 Å². The molecule has 4 rings (SSSR count). The fourth-order valence-electron chi connectivity index (χ4n) is 4.47. The zero-order valence-corrected chi connectivity index (χ0v) is 20.5. The second-order valence-corrected chi connectivity index (χ2v) is 9.80. The van der Waals surface area contributed by atoms with Crippen LogP contribution in [0.15, 0.2) is 12.3 Å². The molecule has 0 saturated carbocycles. The van der Waals surface area contributed by atoms with E-state index < -0.39 is 23.5 Å². The largest absolute Gasteiger partial charge is 0.344 e. The second kappa shape index (κ2) is 9.09. The van der Waals surface area contributed by atoms with Crippen LogP contribution in [0, 0.1) is 33.6 Å². The van der Waals surface area contributed by atoms with Crippen molar-refractivity contribution in [3.05, 3.63) is 61.9 Å². The van der Waals surface area contributed by atoms with E-state index in [0.717, 1.165) is 34.8 Å². The number of rotatable bonds is 5. The van der Waals surface area contributed by atoms with Crippen molar-refractivity contribution in [1.82, 2.24) is 19.9 Å². The van der Waals surface area contributed by atoms with Crippen molar-refractivity contribution in [2.75, 3.05) is 5.32 Å². The number of aromatic nitrogens is 3. The van der Waals surface area contributed by atoms with Crippen LogP contribution >= 0.6 is 11.3 Å².